The van der Waals surface area contributed by atoms with Crippen LogP contribution in [0.25, 0.3) is 0 Å². The standard InChI is InChI=1S/C23H26O6/c1-23(11-10-22(24)25,18-6-2-4-8-20(18)28-14-16-12-26-16)19-7-3-5-9-21(19)29-15-17-13-27-17/h2-9,16-17H,10-15H2,1H3,(H,24,25). The van der Waals surface area contributed by atoms with Crippen LogP contribution in [0.5, 0.6) is 11.5 Å². The Bertz CT molecular complexity index is 796. The summed E-state index contributed by atoms with van der Waals surface area (Å²) in [5.74, 6) is 0.665. The predicted octanol–water partition coefficient (Wildman–Crippen LogP) is 3.41. The Morgan fingerprint density at radius 3 is 1.83 bits per heavy atom. The average molecular weight is 398 g/mol. The third kappa shape index (κ3) is 4.89. The summed E-state index contributed by atoms with van der Waals surface area (Å²) in [6.45, 7) is 4.48. The van der Waals surface area contributed by atoms with Crippen molar-refractivity contribution in [3.8, 4) is 11.5 Å². The number of carboxylic acid groups (broad SMARTS) is 1. The zero-order chi connectivity index (χ0) is 20.3. The summed E-state index contributed by atoms with van der Waals surface area (Å²) in [7, 11) is 0. The maximum absolute atomic E-state index is 11.4. The van der Waals surface area contributed by atoms with Gasteiger partial charge in [-0.05, 0) is 18.6 Å². The van der Waals surface area contributed by atoms with Crippen LogP contribution in [0.4, 0.5) is 0 Å². The first kappa shape index (κ1) is 19.7. The Morgan fingerprint density at radius 1 is 0.966 bits per heavy atom. The number of ether oxygens (including phenoxy) is 4. The molecule has 2 aromatic carbocycles. The highest BCUT2D eigenvalue weighted by atomic mass is 16.6. The van der Waals surface area contributed by atoms with Gasteiger partial charge in [0.1, 0.15) is 36.9 Å². The van der Waals surface area contributed by atoms with Gasteiger partial charge in [0.05, 0.1) is 13.2 Å². The average Bonchev–Trinajstić information content (AvgIpc) is 3.64. The molecular weight excluding hydrogens is 372 g/mol. The van der Waals surface area contributed by atoms with Crippen molar-refractivity contribution in [3.05, 3.63) is 59.7 Å². The lowest BCUT2D eigenvalue weighted by molar-refractivity contribution is -0.137. The molecule has 2 fully saturated rings. The van der Waals surface area contributed by atoms with E-state index >= 15 is 0 Å². The van der Waals surface area contributed by atoms with Crippen LogP contribution in [0.2, 0.25) is 0 Å². The summed E-state index contributed by atoms with van der Waals surface area (Å²) in [5, 5.41) is 9.38. The molecule has 0 spiro atoms. The molecule has 0 bridgehead atoms. The smallest absolute Gasteiger partial charge is 0.303 e. The summed E-state index contributed by atoms with van der Waals surface area (Å²) in [6.07, 6.45) is 0.740. The molecule has 29 heavy (non-hydrogen) atoms. The molecule has 0 amide bonds. The van der Waals surface area contributed by atoms with Gasteiger partial charge in [0, 0.05) is 23.0 Å². The minimum atomic E-state index is -0.828. The van der Waals surface area contributed by atoms with Gasteiger partial charge in [-0.3, -0.25) is 4.79 Å². The van der Waals surface area contributed by atoms with Crippen LogP contribution < -0.4 is 9.47 Å². The van der Waals surface area contributed by atoms with Crippen LogP contribution in [-0.4, -0.2) is 49.7 Å². The monoisotopic (exact) mass is 398 g/mol. The maximum Gasteiger partial charge on any atom is 0.303 e. The second-order valence-corrected chi connectivity index (χ2v) is 7.75. The minimum absolute atomic E-state index is 0.0383. The highest BCUT2D eigenvalue weighted by Gasteiger charge is 2.36. The van der Waals surface area contributed by atoms with Gasteiger partial charge in [-0.25, -0.2) is 0 Å². The lowest BCUT2D eigenvalue weighted by Gasteiger charge is -2.33. The molecule has 2 aliphatic heterocycles. The number of epoxide rings is 2. The summed E-state index contributed by atoms with van der Waals surface area (Å²) in [6, 6.07) is 15.6. The number of benzene rings is 2. The summed E-state index contributed by atoms with van der Waals surface area (Å²) < 4.78 is 22.6. The first-order valence-electron chi connectivity index (χ1n) is 9.96. The first-order valence-corrected chi connectivity index (χ1v) is 9.96. The van der Waals surface area contributed by atoms with E-state index < -0.39 is 11.4 Å². The van der Waals surface area contributed by atoms with E-state index in [1.807, 2.05) is 48.5 Å². The molecule has 2 heterocycles. The molecule has 6 heteroatoms. The molecule has 2 aromatic rings. The van der Waals surface area contributed by atoms with Gasteiger partial charge in [-0.15, -0.1) is 0 Å². The number of aliphatic carboxylic acids is 1. The fourth-order valence-corrected chi connectivity index (χ4v) is 3.56. The second-order valence-electron chi connectivity index (χ2n) is 7.75. The van der Waals surface area contributed by atoms with Gasteiger partial charge in [-0.1, -0.05) is 43.3 Å². The zero-order valence-electron chi connectivity index (χ0n) is 16.5. The highest BCUT2D eigenvalue weighted by Crippen LogP contribution is 2.45. The van der Waals surface area contributed by atoms with Crippen LogP contribution in [0, 0.1) is 0 Å². The van der Waals surface area contributed by atoms with Gasteiger partial charge in [-0.2, -0.15) is 0 Å². The van der Waals surface area contributed by atoms with Crippen molar-refractivity contribution < 1.29 is 28.8 Å². The van der Waals surface area contributed by atoms with E-state index in [4.69, 9.17) is 18.9 Å². The number of hydrogen-bond donors (Lipinski definition) is 1. The zero-order valence-corrected chi connectivity index (χ0v) is 16.5. The van der Waals surface area contributed by atoms with Crippen LogP contribution >= 0.6 is 0 Å². The molecule has 0 aliphatic carbocycles. The Hall–Kier alpha value is -2.57. The number of rotatable bonds is 11. The number of carbonyl (C=O) groups is 1. The van der Waals surface area contributed by atoms with Gasteiger partial charge >= 0.3 is 5.97 Å². The van der Waals surface area contributed by atoms with Gasteiger partial charge in [0.25, 0.3) is 0 Å². The third-order valence-electron chi connectivity index (χ3n) is 5.46. The van der Waals surface area contributed by atoms with E-state index in [0.29, 0.717) is 19.6 Å². The SMILES string of the molecule is CC(CCC(=O)O)(c1ccccc1OCC1CO1)c1ccccc1OCC1CO1. The highest BCUT2D eigenvalue weighted by molar-refractivity contribution is 5.67. The summed E-state index contributed by atoms with van der Waals surface area (Å²) in [5.41, 5.74) is 1.29. The summed E-state index contributed by atoms with van der Waals surface area (Å²) in [4.78, 5) is 11.4. The van der Waals surface area contributed by atoms with Crippen molar-refractivity contribution in [3.63, 3.8) is 0 Å². The predicted molar refractivity (Wildman–Crippen MR) is 107 cm³/mol. The lowest BCUT2D eigenvalue weighted by Crippen LogP contribution is -2.27. The molecule has 4 rings (SSSR count). The first-order chi connectivity index (χ1) is 14.1. The number of hydrogen-bond acceptors (Lipinski definition) is 5. The molecule has 2 unspecified atom stereocenters. The third-order valence-corrected chi connectivity index (χ3v) is 5.46. The van der Waals surface area contributed by atoms with E-state index in [1.54, 1.807) is 0 Å². The normalized spacial score (nSPS) is 21.8. The summed E-state index contributed by atoms with van der Waals surface area (Å²) >= 11 is 0. The van der Waals surface area contributed by atoms with Crippen molar-refractivity contribution in [1.82, 2.24) is 0 Å². The minimum Gasteiger partial charge on any atom is -0.490 e. The topological polar surface area (TPSA) is 80.8 Å². The van der Waals surface area contributed by atoms with Crippen molar-refractivity contribution in [1.29, 1.82) is 0 Å². The van der Waals surface area contributed by atoms with Crippen molar-refractivity contribution >= 4 is 5.97 Å². The van der Waals surface area contributed by atoms with E-state index in [9.17, 15) is 9.90 Å². The van der Waals surface area contributed by atoms with E-state index in [2.05, 4.69) is 6.92 Å². The van der Waals surface area contributed by atoms with Crippen LogP contribution in [0.15, 0.2) is 48.5 Å². The molecule has 6 nitrogen and oxygen atoms in total. The van der Waals surface area contributed by atoms with Gasteiger partial charge in [0.15, 0.2) is 0 Å². The lowest BCUT2D eigenvalue weighted by atomic mass is 9.72. The molecule has 0 radical (unpaired) electrons. The number of para-hydroxylation sites is 2. The Labute approximate surface area is 170 Å². The molecule has 2 saturated heterocycles. The Morgan fingerprint density at radius 2 is 1.41 bits per heavy atom. The van der Waals surface area contributed by atoms with E-state index in [0.717, 1.165) is 35.8 Å². The van der Waals surface area contributed by atoms with Crippen molar-refractivity contribution in [2.45, 2.75) is 37.4 Å². The fourth-order valence-electron chi connectivity index (χ4n) is 3.56. The van der Waals surface area contributed by atoms with Gasteiger partial charge in [0.2, 0.25) is 0 Å². The second kappa shape index (κ2) is 8.43. The molecule has 154 valence electrons. The Kier molecular flexibility index (Phi) is 5.74. The van der Waals surface area contributed by atoms with Crippen molar-refractivity contribution in [2.24, 2.45) is 0 Å². The molecule has 0 saturated carbocycles. The van der Waals surface area contributed by atoms with E-state index in [-0.39, 0.29) is 18.6 Å². The maximum atomic E-state index is 11.4. The number of carboxylic acids is 1. The largest absolute Gasteiger partial charge is 0.490 e. The van der Waals surface area contributed by atoms with Crippen LogP contribution in [0.1, 0.15) is 30.9 Å². The Balaban J connectivity index is 1.70. The van der Waals surface area contributed by atoms with Crippen LogP contribution in [-0.2, 0) is 19.7 Å². The molecule has 2 atom stereocenters. The quantitative estimate of drug-likeness (QED) is 0.584. The molecule has 0 aromatic heterocycles. The van der Waals surface area contributed by atoms with Crippen LogP contribution in [0.3, 0.4) is 0 Å². The molecule has 2 aliphatic rings. The molecule has 1 N–H and O–H groups in total. The van der Waals surface area contributed by atoms with E-state index in [1.165, 1.54) is 0 Å². The van der Waals surface area contributed by atoms with Crippen molar-refractivity contribution in [2.75, 3.05) is 26.4 Å². The van der Waals surface area contributed by atoms with Gasteiger partial charge < -0.3 is 24.1 Å². The fraction of sp³-hybridized carbons (Fsp3) is 0.435. The molecular formula is C23H26O6.